The summed E-state index contributed by atoms with van der Waals surface area (Å²) in [5, 5.41) is 11.7. The molecule has 2 heterocycles. The second kappa shape index (κ2) is 8.30. The SMILES string of the molecule is CNC(=O)c1ccc(NC(=O)c2cc3c(C)nn(Cc4ccccc4Cl)c3s2)cc1. The molecule has 152 valence electrons. The molecule has 0 unspecified atom stereocenters. The summed E-state index contributed by atoms with van der Waals surface area (Å²) in [6.07, 6.45) is 0. The van der Waals surface area contributed by atoms with Gasteiger partial charge >= 0.3 is 0 Å². The van der Waals surface area contributed by atoms with Crippen LogP contribution in [0.25, 0.3) is 10.2 Å². The molecule has 0 spiro atoms. The number of nitrogens with one attached hydrogen (secondary N) is 2. The summed E-state index contributed by atoms with van der Waals surface area (Å²) in [6, 6.07) is 16.3. The molecule has 2 N–H and O–H groups in total. The zero-order valence-electron chi connectivity index (χ0n) is 16.4. The third-order valence-electron chi connectivity index (χ3n) is 4.74. The Balaban J connectivity index is 1.57. The minimum absolute atomic E-state index is 0.170. The lowest BCUT2D eigenvalue weighted by atomic mass is 10.2. The van der Waals surface area contributed by atoms with Gasteiger partial charge in [-0.1, -0.05) is 29.8 Å². The van der Waals surface area contributed by atoms with Crippen molar-refractivity contribution in [3.63, 3.8) is 0 Å². The van der Waals surface area contributed by atoms with Crippen LogP contribution in [0.1, 0.15) is 31.3 Å². The van der Waals surface area contributed by atoms with E-state index in [1.807, 2.05) is 41.9 Å². The number of fused-ring (bicyclic) bond motifs is 1. The van der Waals surface area contributed by atoms with Gasteiger partial charge in [-0.05, 0) is 48.9 Å². The number of nitrogens with zero attached hydrogens (tertiary/aromatic N) is 2. The predicted octanol–water partition coefficient (Wildman–Crippen LogP) is 4.72. The number of benzene rings is 2. The second-order valence-electron chi connectivity index (χ2n) is 6.77. The van der Waals surface area contributed by atoms with Gasteiger partial charge in [0, 0.05) is 28.7 Å². The molecule has 4 aromatic rings. The highest BCUT2D eigenvalue weighted by Gasteiger charge is 2.17. The second-order valence-corrected chi connectivity index (χ2v) is 8.21. The van der Waals surface area contributed by atoms with E-state index in [-0.39, 0.29) is 11.8 Å². The first-order valence-electron chi connectivity index (χ1n) is 9.30. The van der Waals surface area contributed by atoms with Crippen LogP contribution in [0.5, 0.6) is 0 Å². The van der Waals surface area contributed by atoms with Gasteiger partial charge in [-0.2, -0.15) is 5.10 Å². The van der Waals surface area contributed by atoms with E-state index in [1.54, 1.807) is 31.3 Å². The molecule has 30 heavy (non-hydrogen) atoms. The van der Waals surface area contributed by atoms with Crippen LogP contribution in [-0.4, -0.2) is 28.6 Å². The standard InChI is InChI=1S/C22H19ClN4O2S/c1-13-17-11-19(21(29)25-16-9-7-14(8-10-16)20(28)24-2)30-22(17)27(26-13)12-15-5-3-4-6-18(15)23/h3-11H,12H2,1-2H3,(H,24,28)(H,25,29). The summed E-state index contributed by atoms with van der Waals surface area (Å²) in [6.45, 7) is 2.46. The number of hydrogen-bond donors (Lipinski definition) is 2. The van der Waals surface area contributed by atoms with Crippen molar-refractivity contribution >= 4 is 50.7 Å². The highest BCUT2D eigenvalue weighted by Crippen LogP contribution is 2.30. The van der Waals surface area contributed by atoms with Crippen LogP contribution in [0.3, 0.4) is 0 Å². The Labute approximate surface area is 182 Å². The minimum atomic E-state index is -0.201. The molecule has 0 radical (unpaired) electrons. The highest BCUT2D eigenvalue weighted by atomic mass is 35.5. The summed E-state index contributed by atoms with van der Waals surface area (Å²) in [4.78, 5) is 25.9. The maximum atomic E-state index is 12.8. The molecule has 4 rings (SSSR count). The Morgan fingerprint density at radius 1 is 1.10 bits per heavy atom. The van der Waals surface area contributed by atoms with Crippen molar-refractivity contribution in [1.82, 2.24) is 15.1 Å². The fourth-order valence-electron chi connectivity index (χ4n) is 3.16. The molecular formula is C22H19ClN4O2S. The minimum Gasteiger partial charge on any atom is -0.355 e. The Morgan fingerprint density at radius 2 is 1.83 bits per heavy atom. The van der Waals surface area contributed by atoms with E-state index in [9.17, 15) is 9.59 Å². The van der Waals surface area contributed by atoms with Crippen LogP contribution in [0.15, 0.2) is 54.6 Å². The van der Waals surface area contributed by atoms with E-state index in [1.165, 1.54) is 11.3 Å². The molecule has 6 nitrogen and oxygen atoms in total. The Morgan fingerprint density at radius 3 is 2.53 bits per heavy atom. The Bertz CT molecular complexity index is 1240. The normalized spacial score (nSPS) is 10.9. The zero-order valence-corrected chi connectivity index (χ0v) is 18.0. The van der Waals surface area contributed by atoms with Gasteiger partial charge < -0.3 is 10.6 Å². The van der Waals surface area contributed by atoms with Crippen LogP contribution in [0, 0.1) is 6.92 Å². The van der Waals surface area contributed by atoms with E-state index in [0.717, 1.165) is 21.5 Å². The van der Waals surface area contributed by atoms with Crippen molar-refractivity contribution in [2.75, 3.05) is 12.4 Å². The third kappa shape index (κ3) is 3.94. The van der Waals surface area contributed by atoms with Gasteiger partial charge in [0.1, 0.15) is 4.83 Å². The number of hydrogen-bond acceptors (Lipinski definition) is 4. The van der Waals surface area contributed by atoms with E-state index >= 15 is 0 Å². The molecule has 8 heteroatoms. The smallest absolute Gasteiger partial charge is 0.265 e. The molecule has 0 saturated carbocycles. The van der Waals surface area contributed by atoms with Crippen molar-refractivity contribution < 1.29 is 9.59 Å². The summed E-state index contributed by atoms with van der Waals surface area (Å²) in [5.41, 5.74) is 2.99. The van der Waals surface area contributed by atoms with E-state index in [0.29, 0.717) is 27.7 Å². The Hall–Kier alpha value is -3.16. The average molecular weight is 439 g/mol. The van der Waals surface area contributed by atoms with Crippen molar-refractivity contribution in [3.8, 4) is 0 Å². The van der Waals surface area contributed by atoms with Gasteiger partial charge in [-0.25, -0.2) is 0 Å². The topological polar surface area (TPSA) is 76.0 Å². The lowest BCUT2D eigenvalue weighted by molar-refractivity contribution is 0.0962. The van der Waals surface area contributed by atoms with Gasteiger partial charge in [0.15, 0.2) is 0 Å². The summed E-state index contributed by atoms with van der Waals surface area (Å²) in [7, 11) is 1.58. The first-order valence-corrected chi connectivity index (χ1v) is 10.5. The van der Waals surface area contributed by atoms with Crippen molar-refractivity contribution in [2.24, 2.45) is 0 Å². The maximum Gasteiger partial charge on any atom is 0.265 e. The Kier molecular flexibility index (Phi) is 5.57. The molecular weight excluding hydrogens is 420 g/mol. The van der Waals surface area contributed by atoms with Crippen molar-refractivity contribution in [1.29, 1.82) is 0 Å². The fourth-order valence-corrected chi connectivity index (χ4v) is 4.41. The lowest BCUT2D eigenvalue weighted by Gasteiger charge is -2.06. The molecule has 2 aromatic carbocycles. The van der Waals surface area contributed by atoms with Crippen LogP contribution < -0.4 is 10.6 Å². The number of aryl methyl sites for hydroxylation is 1. The van der Waals surface area contributed by atoms with E-state index < -0.39 is 0 Å². The molecule has 2 amide bonds. The number of carbonyl (C=O) groups excluding carboxylic acids is 2. The predicted molar refractivity (Wildman–Crippen MR) is 121 cm³/mol. The van der Waals surface area contributed by atoms with Crippen molar-refractivity contribution in [2.45, 2.75) is 13.5 Å². The number of halogens is 1. The molecule has 0 saturated heterocycles. The number of anilines is 1. The van der Waals surface area contributed by atoms with Crippen molar-refractivity contribution in [3.05, 3.63) is 81.3 Å². The van der Waals surface area contributed by atoms with Crippen LogP contribution in [-0.2, 0) is 6.54 Å². The molecule has 0 atom stereocenters. The fraction of sp³-hybridized carbons (Fsp3) is 0.136. The molecule has 2 aromatic heterocycles. The third-order valence-corrected chi connectivity index (χ3v) is 6.26. The van der Waals surface area contributed by atoms with Gasteiger partial charge in [0.25, 0.3) is 11.8 Å². The molecule has 0 aliphatic carbocycles. The lowest BCUT2D eigenvalue weighted by Crippen LogP contribution is -2.17. The van der Waals surface area contributed by atoms with Crippen LogP contribution >= 0.6 is 22.9 Å². The van der Waals surface area contributed by atoms with Crippen LogP contribution in [0.2, 0.25) is 5.02 Å². The van der Waals surface area contributed by atoms with Crippen LogP contribution in [0.4, 0.5) is 5.69 Å². The number of thiophene rings is 1. The molecule has 0 bridgehead atoms. The molecule has 0 aliphatic heterocycles. The summed E-state index contributed by atoms with van der Waals surface area (Å²) >= 11 is 7.68. The monoisotopic (exact) mass is 438 g/mol. The molecule has 0 aliphatic rings. The number of carbonyl (C=O) groups is 2. The highest BCUT2D eigenvalue weighted by molar-refractivity contribution is 7.20. The quantitative estimate of drug-likeness (QED) is 0.473. The average Bonchev–Trinajstić information content (AvgIpc) is 3.31. The number of rotatable bonds is 5. The van der Waals surface area contributed by atoms with Gasteiger partial charge in [-0.15, -0.1) is 11.3 Å². The van der Waals surface area contributed by atoms with Gasteiger partial charge in [0.2, 0.25) is 0 Å². The molecule has 0 fully saturated rings. The van der Waals surface area contributed by atoms with E-state index in [4.69, 9.17) is 11.6 Å². The number of amides is 2. The summed E-state index contributed by atoms with van der Waals surface area (Å²) < 4.78 is 1.88. The van der Waals surface area contributed by atoms with Gasteiger partial charge in [-0.3, -0.25) is 14.3 Å². The maximum absolute atomic E-state index is 12.8. The first kappa shape index (κ1) is 20.1. The zero-order chi connectivity index (χ0) is 21.3. The first-order chi connectivity index (χ1) is 14.5. The van der Waals surface area contributed by atoms with E-state index in [2.05, 4.69) is 15.7 Å². The largest absolute Gasteiger partial charge is 0.355 e. The summed E-state index contributed by atoms with van der Waals surface area (Å²) in [5.74, 6) is -0.372. The number of aromatic nitrogens is 2. The van der Waals surface area contributed by atoms with Gasteiger partial charge in [0.05, 0.1) is 17.1 Å².